The van der Waals surface area contributed by atoms with Crippen LogP contribution < -0.4 is 11.1 Å². The van der Waals surface area contributed by atoms with Crippen molar-refractivity contribution in [1.29, 1.82) is 0 Å². The van der Waals surface area contributed by atoms with Gasteiger partial charge in [-0.05, 0) is 43.3 Å². The molecule has 0 saturated carbocycles. The molecular weight excluding hydrogens is 336 g/mol. The number of nitrogens with two attached hydrogens (primary N) is 1. The van der Waals surface area contributed by atoms with E-state index in [1.165, 1.54) is 5.52 Å². The van der Waals surface area contributed by atoms with Crippen LogP contribution in [0, 0.1) is 5.92 Å². The first-order valence-corrected chi connectivity index (χ1v) is 8.84. The molecule has 25 heavy (non-hydrogen) atoms. The predicted octanol–water partition coefficient (Wildman–Crippen LogP) is 3.33. The van der Waals surface area contributed by atoms with E-state index in [0.717, 1.165) is 37.3 Å². The zero-order valence-corrected chi connectivity index (χ0v) is 16.5. The number of hydrogen-bond acceptors (Lipinski definition) is 3. The Hall–Kier alpha value is -1.56. The van der Waals surface area contributed by atoms with Gasteiger partial charge in [0.2, 0.25) is 5.91 Å². The highest BCUT2D eigenvalue weighted by Gasteiger charge is 2.17. The molecule has 1 aromatic carbocycles. The minimum atomic E-state index is -0.487. The van der Waals surface area contributed by atoms with E-state index in [2.05, 4.69) is 47.0 Å². The minimum Gasteiger partial charge on any atom is -0.346 e. The molecule has 0 unspecified atom stereocenters. The first-order chi connectivity index (χ1) is 11.5. The maximum Gasteiger partial charge on any atom is 0.241 e. The molecular formula is C19H31ClN4O. The Labute approximate surface area is 157 Å². The summed E-state index contributed by atoms with van der Waals surface area (Å²) >= 11 is 0. The monoisotopic (exact) mass is 366 g/mol. The Balaban J connectivity index is 0.00000312. The van der Waals surface area contributed by atoms with Gasteiger partial charge < -0.3 is 20.5 Å². The van der Waals surface area contributed by atoms with E-state index in [1.54, 1.807) is 0 Å². The first kappa shape index (κ1) is 21.5. The van der Waals surface area contributed by atoms with Crippen molar-refractivity contribution >= 4 is 34.9 Å². The van der Waals surface area contributed by atoms with Crippen LogP contribution in [0.2, 0.25) is 0 Å². The highest BCUT2D eigenvalue weighted by atomic mass is 35.5. The highest BCUT2D eigenvalue weighted by Crippen LogP contribution is 2.21. The largest absolute Gasteiger partial charge is 0.346 e. The number of hydrogen-bond donors (Lipinski definition) is 2. The molecule has 1 atom stereocenters. The van der Waals surface area contributed by atoms with Crippen LogP contribution in [0.4, 0.5) is 5.69 Å². The van der Waals surface area contributed by atoms with Gasteiger partial charge in [0.1, 0.15) is 0 Å². The second-order valence-corrected chi connectivity index (χ2v) is 6.57. The van der Waals surface area contributed by atoms with E-state index in [9.17, 15) is 4.79 Å². The first-order valence-electron chi connectivity index (χ1n) is 8.84. The normalized spacial score (nSPS) is 12.4. The van der Waals surface area contributed by atoms with Crippen LogP contribution in [0.3, 0.4) is 0 Å². The number of anilines is 1. The van der Waals surface area contributed by atoms with Gasteiger partial charge in [-0.15, -0.1) is 12.4 Å². The number of halogens is 1. The fourth-order valence-corrected chi connectivity index (χ4v) is 2.79. The molecule has 5 nitrogen and oxygen atoms in total. The predicted molar refractivity (Wildman–Crippen MR) is 108 cm³/mol. The van der Waals surface area contributed by atoms with Gasteiger partial charge in [0.25, 0.3) is 0 Å². The number of carbonyl (C=O) groups excluding carboxylic acids is 1. The molecule has 0 aliphatic heterocycles. The lowest BCUT2D eigenvalue weighted by atomic mass is 10.0. The average molecular weight is 367 g/mol. The van der Waals surface area contributed by atoms with Crippen molar-refractivity contribution in [2.24, 2.45) is 11.7 Å². The number of fused-ring (bicyclic) bond motifs is 1. The van der Waals surface area contributed by atoms with Gasteiger partial charge in [-0.25, -0.2) is 0 Å². The van der Waals surface area contributed by atoms with Crippen molar-refractivity contribution in [1.82, 2.24) is 9.47 Å². The molecule has 0 fully saturated rings. The van der Waals surface area contributed by atoms with Gasteiger partial charge in [-0.3, -0.25) is 4.79 Å². The summed E-state index contributed by atoms with van der Waals surface area (Å²) in [5, 5.41) is 4.04. The summed E-state index contributed by atoms with van der Waals surface area (Å²) < 4.78 is 2.26. The number of benzene rings is 1. The van der Waals surface area contributed by atoms with Crippen molar-refractivity contribution < 1.29 is 4.79 Å². The van der Waals surface area contributed by atoms with E-state index >= 15 is 0 Å². The average Bonchev–Trinajstić information content (AvgIpc) is 2.97. The second-order valence-electron chi connectivity index (χ2n) is 6.57. The maximum absolute atomic E-state index is 12.1. The molecule has 0 aliphatic carbocycles. The van der Waals surface area contributed by atoms with Gasteiger partial charge >= 0.3 is 0 Å². The fraction of sp³-hybridized carbons (Fsp3) is 0.526. The van der Waals surface area contributed by atoms with Crippen LogP contribution in [0.25, 0.3) is 10.9 Å². The molecule has 1 aromatic heterocycles. The number of nitrogens with one attached hydrogen (secondary N) is 1. The second kappa shape index (κ2) is 9.80. The quantitative estimate of drug-likeness (QED) is 0.753. The topological polar surface area (TPSA) is 63.3 Å². The van der Waals surface area contributed by atoms with Crippen LogP contribution in [0.5, 0.6) is 0 Å². The Morgan fingerprint density at radius 2 is 1.92 bits per heavy atom. The number of likely N-dealkylation sites (N-methyl/N-ethyl adjacent to an activating group) is 1. The van der Waals surface area contributed by atoms with Crippen LogP contribution in [-0.4, -0.2) is 41.1 Å². The third-order valence-electron chi connectivity index (χ3n) is 4.61. The van der Waals surface area contributed by atoms with Gasteiger partial charge in [-0.1, -0.05) is 27.7 Å². The third-order valence-corrected chi connectivity index (χ3v) is 4.61. The number of carbonyl (C=O) groups is 1. The molecule has 0 spiro atoms. The van der Waals surface area contributed by atoms with Gasteiger partial charge in [0.05, 0.1) is 6.04 Å². The van der Waals surface area contributed by atoms with E-state index in [0.29, 0.717) is 0 Å². The highest BCUT2D eigenvalue weighted by molar-refractivity contribution is 5.97. The molecule has 3 N–H and O–H groups in total. The lowest BCUT2D eigenvalue weighted by molar-refractivity contribution is -0.118. The smallest absolute Gasteiger partial charge is 0.241 e. The summed E-state index contributed by atoms with van der Waals surface area (Å²) in [6, 6.07) is 7.62. The summed E-state index contributed by atoms with van der Waals surface area (Å²) in [4.78, 5) is 14.5. The number of amides is 1. The number of rotatable bonds is 8. The Bertz CT molecular complexity index is 679. The summed E-state index contributed by atoms with van der Waals surface area (Å²) in [5.74, 6) is -0.0137. The van der Waals surface area contributed by atoms with Crippen LogP contribution in [-0.2, 0) is 11.3 Å². The lowest BCUT2D eigenvalue weighted by Crippen LogP contribution is -2.39. The zero-order chi connectivity index (χ0) is 17.7. The zero-order valence-electron chi connectivity index (χ0n) is 15.7. The summed E-state index contributed by atoms with van der Waals surface area (Å²) in [7, 11) is 0. The molecule has 0 aliphatic rings. The van der Waals surface area contributed by atoms with E-state index in [-0.39, 0.29) is 24.2 Å². The molecule has 140 valence electrons. The molecule has 0 radical (unpaired) electrons. The van der Waals surface area contributed by atoms with Crippen molar-refractivity contribution in [2.75, 3.05) is 25.0 Å². The summed E-state index contributed by atoms with van der Waals surface area (Å²) in [5.41, 5.74) is 7.88. The van der Waals surface area contributed by atoms with Crippen molar-refractivity contribution in [3.63, 3.8) is 0 Å². The molecule has 1 amide bonds. The molecule has 2 aromatic rings. The van der Waals surface area contributed by atoms with Gasteiger partial charge in [-0.2, -0.15) is 0 Å². The lowest BCUT2D eigenvalue weighted by Gasteiger charge is -2.18. The molecule has 1 heterocycles. The van der Waals surface area contributed by atoms with Gasteiger partial charge in [0.15, 0.2) is 0 Å². The molecule has 2 rings (SSSR count). The Kier molecular flexibility index (Phi) is 8.42. The van der Waals surface area contributed by atoms with Crippen LogP contribution in [0.15, 0.2) is 30.5 Å². The van der Waals surface area contributed by atoms with Gasteiger partial charge in [0, 0.05) is 35.9 Å². The van der Waals surface area contributed by atoms with Crippen LogP contribution >= 0.6 is 12.4 Å². The van der Waals surface area contributed by atoms with Crippen molar-refractivity contribution in [2.45, 2.75) is 40.3 Å². The maximum atomic E-state index is 12.1. The SMILES string of the molecule is CCN(CC)CCn1ccc2cc(NC(=O)[C@@H](N)C(C)C)ccc21.Cl. The van der Waals surface area contributed by atoms with E-state index in [1.807, 2.05) is 26.0 Å². The van der Waals surface area contributed by atoms with E-state index in [4.69, 9.17) is 5.73 Å². The fourth-order valence-electron chi connectivity index (χ4n) is 2.79. The Morgan fingerprint density at radius 3 is 2.52 bits per heavy atom. The number of aromatic nitrogens is 1. The number of nitrogens with zero attached hydrogens (tertiary/aromatic N) is 2. The molecule has 0 saturated heterocycles. The Morgan fingerprint density at radius 1 is 1.24 bits per heavy atom. The molecule has 6 heteroatoms. The summed E-state index contributed by atoms with van der Waals surface area (Å²) in [6.07, 6.45) is 2.11. The minimum absolute atomic E-state index is 0. The third kappa shape index (κ3) is 5.46. The molecule has 0 bridgehead atoms. The standard InChI is InChI=1S/C19H30N4O.ClH/c1-5-22(6-2)11-12-23-10-9-15-13-16(7-8-17(15)23)21-19(24)18(20)14(3)4;/h7-10,13-14,18H,5-6,11-12,20H2,1-4H3,(H,21,24);1H/t18-;/m0./s1. The van der Waals surface area contributed by atoms with Crippen molar-refractivity contribution in [3.8, 4) is 0 Å². The summed E-state index contributed by atoms with van der Waals surface area (Å²) in [6.45, 7) is 12.4. The van der Waals surface area contributed by atoms with Crippen molar-refractivity contribution in [3.05, 3.63) is 30.5 Å². The van der Waals surface area contributed by atoms with Crippen LogP contribution in [0.1, 0.15) is 27.7 Å². The van der Waals surface area contributed by atoms with E-state index < -0.39 is 6.04 Å².